The van der Waals surface area contributed by atoms with Crippen molar-refractivity contribution >= 4 is 45.3 Å². The maximum atomic E-state index is 11.8. The Kier molecular flexibility index (Phi) is 7.98. The first-order chi connectivity index (χ1) is 12.6. The number of carbonyl (C=O) groups is 1. The van der Waals surface area contributed by atoms with Crippen molar-refractivity contribution in [1.82, 2.24) is 0 Å². The van der Waals surface area contributed by atoms with Gasteiger partial charge in [-0.25, -0.2) is 0 Å². The van der Waals surface area contributed by atoms with E-state index in [0.29, 0.717) is 0 Å². The molecule has 3 nitrogen and oxygen atoms in total. The van der Waals surface area contributed by atoms with Crippen LogP contribution in [0.4, 0.5) is 5.69 Å². The van der Waals surface area contributed by atoms with E-state index in [2.05, 4.69) is 53.2 Å². The Bertz CT molecular complexity index is 929. The second kappa shape index (κ2) is 9.99. The van der Waals surface area contributed by atoms with Crippen LogP contribution in [0.3, 0.4) is 0 Å². The van der Waals surface area contributed by atoms with Crippen LogP contribution < -0.4 is 33.9 Å². The monoisotopic (exact) mass is 492 g/mol. The zero-order chi connectivity index (χ0) is 18.5. The molecule has 0 fully saturated rings. The summed E-state index contributed by atoms with van der Waals surface area (Å²) in [5.41, 5.74) is 3.25. The van der Waals surface area contributed by atoms with Crippen LogP contribution in [-0.2, 0) is 11.3 Å². The molecule has 0 spiro atoms. The van der Waals surface area contributed by atoms with Crippen molar-refractivity contribution in [3.05, 3.63) is 59.1 Å². The Morgan fingerprint density at radius 1 is 1.11 bits per heavy atom. The fourth-order valence-corrected chi connectivity index (χ4v) is 3.85. The fraction of sp³-hybridized carbons (Fsp3) is 0.273. The van der Waals surface area contributed by atoms with Gasteiger partial charge >= 0.3 is 0 Å². The third kappa shape index (κ3) is 5.39. The van der Waals surface area contributed by atoms with Gasteiger partial charge in [-0.2, -0.15) is 4.57 Å². The number of halogens is 1. The van der Waals surface area contributed by atoms with E-state index in [4.69, 9.17) is 0 Å². The van der Waals surface area contributed by atoms with E-state index in [-0.39, 0.29) is 35.8 Å². The number of aryl methyl sites for hydroxylation is 1. The largest absolute Gasteiger partial charge is 1.00 e. The fourth-order valence-electron chi connectivity index (χ4n) is 2.76. The summed E-state index contributed by atoms with van der Waals surface area (Å²) < 4.78 is 3.70. The minimum atomic E-state index is -0.0171. The van der Waals surface area contributed by atoms with Gasteiger partial charge in [0.05, 0.1) is 0 Å². The highest BCUT2D eigenvalue weighted by Gasteiger charge is 2.16. The number of benzene rings is 2. The number of fused-ring (bicyclic) bond motifs is 1. The Morgan fingerprint density at radius 2 is 1.81 bits per heavy atom. The van der Waals surface area contributed by atoms with Crippen molar-refractivity contribution in [2.45, 2.75) is 33.7 Å². The van der Waals surface area contributed by atoms with Gasteiger partial charge < -0.3 is 29.3 Å². The molecule has 2 aromatic carbocycles. The maximum absolute atomic E-state index is 11.8. The minimum absolute atomic E-state index is 0. The molecule has 0 aliphatic carbocycles. The number of anilines is 1. The molecule has 0 aliphatic heterocycles. The minimum Gasteiger partial charge on any atom is -1.00 e. The van der Waals surface area contributed by atoms with Gasteiger partial charge in [-0.3, -0.25) is 4.79 Å². The molecule has 142 valence electrons. The van der Waals surface area contributed by atoms with Crippen LogP contribution in [0.5, 0.6) is 0 Å². The number of aromatic nitrogens is 1. The Hall–Kier alpha value is -1.73. The number of amides is 1. The van der Waals surface area contributed by atoms with Gasteiger partial charge in [0.1, 0.15) is 11.2 Å². The highest BCUT2D eigenvalue weighted by molar-refractivity contribution is 7.18. The lowest BCUT2D eigenvalue weighted by atomic mass is 10.1. The molecule has 5 heteroatoms. The molecular formula is C22H25IN2OS. The van der Waals surface area contributed by atoms with Gasteiger partial charge in [-0.15, -0.1) is 0 Å². The molecule has 0 radical (unpaired) electrons. The van der Waals surface area contributed by atoms with Crippen LogP contribution >= 0.6 is 11.3 Å². The van der Waals surface area contributed by atoms with Crippen molar-refractivity contribution in [2.75, 3.05) is 5.32 Å². The molecule has 1 heterocycles. The molecule has 0 saturated carbocycles. The Labute approximate surface area is 182 Å². The molecular weight excluding hydrogens is 467 g/mol. The van der Waals surface area contributed by atoms with Gasteiger partial charge in [0.2, 0.25) is 11.4 Å². The Morgan fingerprint density at radius 3 is 2.48 bits per heavy atom. The molecule has 0 unspecified atom stereocenters. The lowest BCUT2D eigenvalue weighted by Crippen LogP contribution is -3.00. The number of nitrogens with zero attached hydrogens (tertiary/aromatic N) is 1. The summed E-state index contributed by atoms with van der Waals surface area (Å²) in [6.45, 7) is 7.01. The summed E-state index contributed by atoms with van der Waals surface area (Å²) in [6, 6.07) is 16.5. The predicted molar refractivity (Wildman–Crippen MR) is 111 cm³/mol. The average molecular weight is 492 g/mol. The molecule has 1 N–H and O–H groups in total. The van der Waals surface area contributed by atoms with E-state index < -0.39 is 0 Å². The third-order valence-electron chi connectivity index (χ3n) is 4.20. The first-order valence-electron chi connectivity index (χ1n) is 9.09. The number of hydrogen-bond acceptors (Lipinski definition) is 2. The smallest absolute Gasteiger partial charge is 0.262 e. The molecule has 27 heavy (non-hydrogen) atoms. The first kappa shape index (κ1) is 21.6. The van der Waals surface area contributed by atoms with Gasteiger partial charge in [0, 0.05) is 30.2 Å². The number of hydrogen-bond donors (Lipinski definition) is 1. The van der Waals surface area contributed by atoms with Gasteiger partial charge in [-0.05, 0) is 29.8 Å². The van der Waals surface area contributed by atoms with Gasteiger partial charge in [-0.1, -0.05) is 56.4 Å². The third-order valence-corrected chi connectivity index (χ3v) is 5.34. The summed E-state index contributed by atoms with van der Waals surface area (Å²) >= 11 is 1.82. The lowest BCUT2D eigenvalue weighted by Gasteiger charge is -2.07. The summed E-state index contributed by atoms with van der Waals surface area (Å²) in [7, 11) is 0. The lowest BCUT2D eigenvalue weighted by molar-refractivity contribution is -0.668. The van der Waals surface area contributed by atoms with E-state index >= 15 is 0 Å². The van der Waals surface area contributed by atoms with Crippen molar-refractivity contribution in [3.8, 4) is 0 Å². The van der Waals surface area contributed by atoms with Crippen LogP contribution in [0, 0.1) is 5.92 Å². The summed E-state index contributed by atoms with van der Waals surface area (Å²) in [5.74, 6) is 0.0238. The number of nitrogens with one attached hydrogen (secondary N) is 1. The predicted octanol–water partition coefficient (Wildman–Crippen LogP) is 2.37. The van der Waals surface area contributed by atoms with Crippen LogP contribution in [0.15, 0.2) is 48.5 Å². The topological polar surface area (TPSA) is 33.0 Å². The molecule has 1 aromatic heterocycles. The van der Waals surface area contributed by atoms with Crippen LogP contribution in [0.25, 0.3) is 22.4 Å². The van der Waals surface area contributed by atoms with Gasteiger partial charge in [0.15, 0.2) is 0 Å². The quantitative estimate of drug-likeness (QED) is 0.416. The molecule has 0 bridgehead atoms. The molecule has 1 amide bonds. The highest BCUT2D eigenvalue weighted by atomic mass is 127. The van der Waals surface area contributed by atoms with E-state index in [1.807, 2.05) is 49.4 Å². The maximum Gasteiger partial charge on any atom is 0.262 e. The summed E-state index contributed by atoms with van der Waals surface area (Å²) in [6.07, 6.45) is 5.42. The highest BCUT2D eigenvalue weighted by Crippen LogP contribution is 2.22. The van der Waals surface area contributed by atoms with Crippen molar-refractivity contribution in [1.29, 1.82) is 0 Å². The normalized spacial score (nSPS) is 11.1. The number of para-hydroxylation sites is 1. The average Bonchev–Trinajstić information content (AvgIpc) is 2.99. The van der Waals surface area contributed by atoms with Crippen molar-refractivity contribution in [2.24, 2.45) is 5.92 Å². The summed E-state index contributed by atoms with van der Waals surface area (Å²) in [5, 5.41) is 4.18. The molecule has 3 aromatic rings. The van der Waals surface area contributed by atoms with E-state index in [1.165, 1.54) is 15.2 Å². The van der Waals surface area contributed by atoms with Crippen molar-refractivity contribution < 1.29 is 33.3 Å². The van der Waals surface area contributed by atoms with E-state index in [9.17, 15) is 4.79 Å². The zero-order valence-corrected chi connectivity index (χ0v) is 18.9. The number of thiazole rings is 1. The van der Waals surface area contributed by atoms with Crippen LogP contribution in [0.2, 0.25) is 0 Å². The van der Waals surface area contributed by atoms with Gasteiger partial charge in [0.25, 0.3) is 5.01 Å². The van der Waals surface area contributed by atoms with E-state index in [1.54, 1.807) is 0 Å². The zero-order valence-electron chi connectivity index (χ0n) is 15.9. The first-order valence-corrected chi connectivity index (χ1v) is 9.90. The van der Waals surface area contributed by atoms with Crippen LogP contribution in [-0.4, -0.2) is 5.91 Å². The van der Waals surface area contributed by atoms with Crippen molar-refractivity contribution in [3.63, 3.8) is 0 Å². The second-order valence-electron chi connectivity index (χ2n) is 6.66. The molecule has 0 atom stereocenters. The number of rotatable bonds is 6. The van der Waals surface area contributed by atoms with E-state index in [0.717, 1.165) is 24.2 Å². The SMILES string of the molecule is CCC[n+]1c(/C=C/c2ccc(NC(=O)C(C)C)cc2)sc2ccccc21.[I-]. The summed E-state index contributed by atoms with van der Waals surface area (Å²) in [4.78, 5) is 11.8. The Balaban J connectivity index is 0.00000261. The van der Waals surface area contributed by atoms with Crippen LogP contribution in [0.1, 0.15) is 37.8 Å². The molecule has 3 rings (SSSR count). The second-order valence-corrected chi connectivity index (χ2v) is 7.72. The number of carbonyl (C=O) groups excluding carboxylic acids is 1. The molecule has 0 aliphatic rings. The molecule has 0 saturated heterocycles. The standard InChI is InChI=1S/C22H24N2OS.HI/c1-4-15-24-19-7-5-6-8-20(19)26-21(24)14-11-17-9-12-18(13-10-17)23-22(25)16(2)3;/h5-14,16H,4,15H2,1-3H3;1H.